The van der Waals surface area contributed by atoms with E-state index in [1.807, 2.05) is 23.5 Å². The molecule has 0 unspecified atom stereocenters. The summed E-state index contributed by atoms with van der Waals surface area (Å²) >= 11 is 1.84. The van der Waals surface area contributed by atoms with Crippen LogP contribution in [0.15, 0.2) is 41.8 Å². The molecule has 160 valence electrons. The smallest absolute Gasteiger partial charge is 0.254 e. The molecule has 5 nitrogen and oxygen atoms in total. The molecule has 0 bridgehead atoms. The maximum atomic E-state index is 13.4. The highest BCUT2D eigenvalue weighted by molar-refractivity contribution is 7.09. The topological polar surface area (TPSA) is 36.0 Å². The molecule has 4 heterocycles. The molecule has 2 aromatic rings. The molecule has 1 aromatic carbocycles. The van der Waals surface area contributed by atoms with E-state index in [4.69, 9.17) is 4.74 Å². The number of carbonyl (C=O) groups excluding carboxylic acids is 1. The Hall–Kier alpha value is -1.89. The average molecular weight is 426 g/mol. The quantitative estimate of drug-likeness (QED) is 0.748. The molecular formula is C24H31N3O2S. The Kier molecular flexibility index (Phi) is 6.07. The van der Waals surface area contributed by atoms with Crippen molar-refractivity contribution in [2.24, 2.45) is 5.92 Å². The standard InChI is InChI=1S/C24H31N3O2S/c28-24(19-5-7-21(8-6-19)26-12-14-29-15-13-26)27-10-1-3-20-17-25(11-9-23(20)27)18-22-4-2-16-30-22/h2,4-8,16,20,23H,1,3,9-15,17-18H2/t20-,23-/m1/s1. The summed E-state index contributed by atoms with van der Waals surface area (Å²) in [5.74, 6) is 0.814. The summed E-state index contributed by atoms with van der Waals surface area (Å²) in [6, 6.07) is 13.0. The number of thiophene rings is 1. The van der Waals surface area contributed by atoms with Gasteiger partial charge in [0, 0.05) is 61.4 Å². The molecule has 2 atom stereocenters. The van der Waals surface area contributed by atoms with Crippen molar-refractivity contribution < 1.29 is 9.53 Å². The molecule has 0 saturated carbocycles. The van der Waals surface area contributed by atoms with Gasteiger partial charge in [-0.3, -0.25) is 9.69 Å². The second kappa shape index (κ2) is 9.08. The van der Waals surface area contributed by atoms with Crippen molar-refractivity contribution in [2.75, 3.05) is 50.8 Å². The second-order valence-corrected chi connectivity index (χ2v) is 9.75. The molecule has 0 aliphatic carbocycles. The monoisotopic (exact) mass is 425 g/mol. The summed E-state index contributed by atoms with van der Waals surface area (Å²) in [6.45, 7) is 7.55. The third-order valence-electron chi connectivity index (χ3n) is 6.86. The summed E-state index contributed by atoms with van der Waals surface area (Å²) < 4.78 is 5.44. The van der Waals surface area contributed by atoms with Gasteiger partial charge in [0.05, 0.1) is 13.2 Å². The van der Waals surface area contributed by atoms with Gasteiger partial charge in [-0.15, -0.1) is 11.3 Å². The average Bonchev–Trinajstić information content (AvgIpc) is 3.32. The molecule has 3 fully saturated rings. The highest BCUT2D eigenvalue weighted by atomic mass is 32.1. The number of piperidine rings is 2. The van der Waals surface area contributed by atoms with Gasteiger partial charge in [-0.2, -0.15) is 0 Å². The minimum atomic E-state index is 0.213. The van der Waals surface area contributed by atoms with Crippen LogP contribution in [0.3, 0.4) is 0 Å². The molecule has 1 aromatic heterocycles. The van der Waals surface area contributed by atoms with Crippen LogP contribution in [0.25, 0.3) is 0 Å². The summed E-state index contributed by atoms with van der Waals surface area (Å²) in [6.07, 6.45) is 3.45. The zero-order valence-corrected chi connectivity index (χ0v) is 18.4. The van der Waals surface area contributed by atoms with Gasteiger partial charge in [0.15, 0.2) is 0 Å². The van der Waals surface area contributed by atoms with Crippen molar-refractivity contribution in [1.29, 1.82) is 0 Å². The van der Waals surface area contributed by atoms with E-state index in [0.29, 0.717) is 12.0 Å². The van der Waals surface area contributed by atoms with E-state index in [-0.39, 0.29) is 5.91 Å². The lowest BCUT2D eigenvalue weighted by atomic mass is 9.83. The highest BCUT2D eigenvalue weighted by Gasteiger charge is 2.38. The SMILES string of the molecule is O=C(c1ccc(N2CCOCC2)cc1)N1CCC[C@@H]2CN(Cc3cccs3)CC[C@H]21. The van der Waals surface area contributed by atoms with Gasteiger partial charge in [-0.1, -0.05) is 6.07 Å². The van der Waals surface area contributed by atoms with Gasteiger partial charge in [-0.25, -0.2) is 0 Å². The maximum absolute atomic E-state index is 13.4. The number of hydrogen-bond acceptors (Lipinski definition) is 5. The molecule has 3 aliphatic heterocycles. The van der Waals surface area contributed by atoms with E-state index in [0.717, 1.165) is 70.9 Å². The van der Waals surface area contributed by atoms with Crippen LogP contribution in [-0.2, 0) is 11.3 Å². The Morgan fingerprint density at radius 2 is 1.87 bits per heavy atom. The third-order valence-corrected chi connectivity index (χ3v) is 7.72. The van der Waals surface area contributed by atoms with Crippen molar-refractivity contribution in [3.05, 3.63) is 52.2 Å². The number of benzene rings is 1. The van der Waals surface area contributed by atoms with E-state index in [9.17, 15) is 4.79 Å². The molecule has 3 saturated heterocycles. The van der Waals surface area contributed by atoms with Crippen LogP contribution in [0.2, 0.25) is 0 Å². The number of morpholine rings is 1. The minimum absolute atomic E-state index is 0.213. The summed E-state index contributed by atoms with van der Waals surface area (Å²) in [7, 11) is 0. The van der Waals surface area contributed by atoms with Gasteiger partial charge >= 0.3 is 0 Å². The molecule has 0 spiro atoms. The number of rotatable bonds is 4. The predicted octanol–water partition coefficient (Wildman–Crippen LogP) is 3.71. The fourth-order valence-corrected chi connectivity index (χ4v) is 6.05. The molecule has 0 N–H and O–H groups in total. The van der Waals surface area contributed by atoms with Crippen LogP contribution < -0.4 is 4.90 Å². The lowest BCUT2D eigenvalue weighted by Gasteiger charge is -2.47. The number of carbonyl (C=O) groups is 1. The molecule has 1 amide bonds. The Morgan fingerprint density at radius 1 is 1.03 bits per heavy atom. The van der Waals surface area contributed by atoms with Gasteiger partial charge in [-0.05, 0) is 60.9 Å². The van der Waals surface area contributed by atoms with Crippen molar-refractivity contribution in [1.82, 2.24) is 9.80 Å². The first-order valence-electron chi connectivity index (χ1n) is 11.3. The summed E-state index contributed by atoms with van der Waals surface area (Å²) in [5, 5.41) is 2.16. The van der Waals surface area contributed by atoms with Crippen LogP contribution in [0.1, 0.15) is 34.5 Å². The molecule has 30 heavy (non-hydrogen) atoms. The van der Waals surface area contributed by atoms with E-state index >= 15 is 0 Å². The number of amides is 1. The van der Waals surface area contributed by atoms with Crippen molar-refractivity contribution >= 4 is 22.9 Å². The van der Waals surface area contributed by atoms with Crippen molar-refractivity contribution in [3.8, 4) is 0 Å². The first kappa shape index (κ1) is 20.0. The van der Waals surface area contributed by atoms with Crippen LogP contribution in [-0.4, -0.2) is 67.7 Å². The fourth-order valence-electron chi connectivity index (χ4n) is 5.30. The number of fused-ring (bicyclic) bond motifs is 1. The zero-order chi connectivity index (χ0) is 20.3. The third kappa shape index (κ3) is 4.27. The Labute approximate surface area is 183 Å². The molecule has 0 radical (unpaired) electrons. The molecule has 5 rings (SSSR count). The predicted molar refractivity (Wildman–Crippen MR) is 121 cm³/mol. The second-order valence-electron chi connectivity index (χ2n) is 8.72. The first-order chi connectivity index (χ1) is 14.8. The molecule has 6 heteroatoms. The van der Waals surface area contributed by atoms with Gasteiger partial charge in [0.25, 0.3) is 5.91 Å². The normalized spacial score (nSPS) is 25.2. The van der Waals surface area contributed by atoms with Crippen LogP contribution in [0.4, 0.5) is 5.69 Å². The molecular weight excluding hydrogens is 394 g/mol. The van der Waals surface area contributed by atoms with Crippen LogP contribution in [0.5, 0.6) is 0 Å². The fraction of sp³-hybridized carbons (Fsp3) is 0.542. The Morgan fingerprint density at radius 3 is 2.63 bits per heavy atom. The number of hydrogen-bond donors (Lipinski definition) is 0. The highest BCUT2D eigenvalue weighted by Crippen LogP contribution is 2.32. The van der Waals surface area contributed by atoms with Crippen molar-refractivity contribution in [2.45, 2.75) is 31.8 Å². The van der Waals surface area contributed by atoms with E-state index < -0.39 is 0 Å². The molecule has 3 aliphatic rings. The maximum Gasteiger partial charge on any atom is 0.254 e. The van der Waals surface area contributed by atoms with Crippen LogP contribution in [0, 0.1) is 5.92 Å². The van der Waals surface area contributed by atoms with Crippen LogP contribution >= 0.6 is 11.3 Å². The zero-order valence-electron chi connectivity index (χ0n) is 17.5. The minimum Gasteiger partial charge on any atom is -0.378 e. The first-order valence-corrected chi connectivity index (χ1v) is 12.1. The number of anilines is 1. The largest absolute Gasteiger partial charge is 0.378 e. The lowest BCUT2D eigenvalue weighted by molar-refractivity contribution is 0.0186. The van der Waals surface area contributed by atoms with Gasteiger partial charge in [0.1, 0.15) is 0 Å². The summed E-state index contributed by atoms with van der Waals surface area (Å²) in [4.78, 5) is 21.9. The van der Waals surface area contributed by atoms with E-state index in [1.54, 1.807) is 0 Å². The number of ether oxygens (including phenoxy) is 1. The Balaban J connectivity index is 1.23. The van der Waals surface area contributed by atoms with E-state index in [2.05, 4.69) is 44.3 Å². The number of nitrogens with zero attached hydrogens (tertiary/aromatic N) is 3. The van der Waals surface area contributed by atoms with Gasteiger partial charge < -0.3 is 14.5 Å². The number of likely N-dealkylation sites (tertiary alicyclic amines) is 2. The van der Waals surface area contributed by atoms with E-state index in [1.165, 1.54) is 17.0 Å². The van der Waals surface area contributed by atoms with Gasteiger partial charge in [0.2, 0.25) is 0 Å². The summed E-state index contributed by atoms with van der Waals surface area (Å²) in [5.41, 5.74) is 2.02. The lowest BCUT2D eigenvalue weighted by Crippen LogP contribution is -2.55. The van der Waals surface area contributed by atoms with Crippen molar-refractivity contribution in [3.63, 3.8) is 0 Å². The Bertz CT molecular complexity index is 833.